The second-order valence-electron chi connectivity index (χ2n) is 6.12. The molecule has 25 heavy (non-hydrogen) atoms. The van der Waals surface area contributed by atoms with Crippen molar-refractivity contribution in [1.29, 1.82) is 0 Å². The molecule has 1 rings (SSSR count). The first-order valence-corrected chi connectivity index (χ1v) is 9.04. The molecule has 140 valence electrons. The highest BCUT2D eigenvalue weighted by Crippen LogP contribution is 2.09. The van der Waals surface area contributed by atoms with Gasteiger partial charge < -0.3 is 14.4 Å². The van der Waals surface area contributed by atoms with E-state index >= 15 is 0 Å². The lowest BCUT2D eigenvalue weighted by molar-refractivity contribution is -0.144. The van der Waals surface area contributed by atoms with Crippen molar-refractivity contribution < 1.29 is 19.1 Å². The number of aryl methyl sites for hydroxylation is 2. The van der Waals surface area contributed by atoms with Gasteiger partial charge in [-0.3, -0.25) is 9.59 Å². The highest BCUT2D eigenvalue weighted by atomic mass is 16.5. The van der Waals surface area contributed by atoms with E-state index in [-0.39, 0.29) is 18.3 Å². The predicted octanol–water partition coefficient (Wildman–Crippen LogP) is 3.14. The fourth-order valence-corrected chi connectivity index (χ4v) is 2.58. The number of hydrogen-bond acceptors (Lipinski definition) is 4. The minimum atomic E-state index is -0.258. The van der Waals surface area contributed by atoms with Crippen molar-refractivity contribution in [3.8, 4) is 0 Å². The summed E-state index contributed by atoms with van der Waals surface area (Å²) in [7, 11) is 1.65. The van der Waals surface area contributed by atoms with Crippen LogP contribution >= 0.6 is 0 Å². The molecule has 0 saturated heterocycles. The Bertz CT molecular complexity index is 513. The number of ether oxygens (including phenoxy) is 2. The number of nitrogens with zero attached hydrogens (tertiary/aromatic N) is 1. The maximum absolute atomic E-state index is 12.5. The Hall–Kier alpha value is -1.88. The second kappa shape index (κ2) is 12.5. The van der Waals surface area contributed by atoms with Crippen LogP contribution in [0.25, 0.3) is 0 Å². The van der Waals surface area contributed by atoms with E-state index in [0.717, 1.165) is 19.3 Å². The lowest BCUT2D eigenvalue weighted by Crippen LogP contribution is -2.34. The molecular weight excluding hydrogens is 318 g/mol. The summed E-state index contributed by atoms with van der Waals surface area (Å²) in [6.45, 7) is 5.83. The van der Waals surface area contributed by atoms with Gasteiger partial charge >= 0.3 is 5.97 Å². The third-order valence-corrected chi connectivity index (χ3v) is 4.00. The van der Waals surface area contributed by atoms with Crippen LogP contribution < -0.4 is 0 Å². The van der Waals surface area contributed by atoms with Crippen LogP contribution in [-0.2, 0) is 25.5 Å². The maximum Gasteiger partial charge on any atom is 0.307 e. The number of carbonyl (C=O) groups is 2. The van der Waals surface area contributed by atoms with Crippen molar-refractivity contribution in [3.63, 3.8) is 0 Å². The number of carbonyl (C=O) groups excluding carboxylic acids is 2. The Morgan fingerprint density at radius 2 is 1.76 bits per heavy atom. The first kappa shape index (κ1) is 21.2. The summed E-state index contributed by atoms with van der Waals surface area (Å²) in [6.07, 6.45) is 3.19. The summed E-state index contributed by atoms with van der Waals surface area (Å²) in [5.41, 5.74) is 2.49. The first-order valence-electron chi connectivity index (χ1n) is 9.04. The standard InChI is InChI=1S/C20H31NO4/c1-4-25-20(23)13-15-21(14-6-16-24-3)19(22)8-5-7-18-11-9-17(2)10-12-18/h9-12H,4-8,13-16H2,1-3H3. The second-order valence-corrected chi connectivity index (χ2v) is 6.12. The van der Waals surface area contributed by atoms with Gasteiger partial charge in [0.15, 0.2) is 0 Å². The van der Waals surface area contributed by atoms with Crippen molar-refractivity contribution in [1.82, 2.24) is 4.90 Å². The Morgan fingerprint density at radius 1 is 1.04 bits per heavy atom. The zero-order valence-electron chi connectivity index (χ0n) is 15.8. The van der Waals surface area contributed by atoms with E-state index in [2.05, 4.69) is 31.2 Å². The molecule has 5 nitrogen and oxygen atoms in total. The molecule has 0 radical (unpaired) electrons. The Morgan fingerprint density at radius 3 is 2.40 bits per heavy atom. The van der Waals surface area contributed by atoms with Gasteiger partial charge in [-0.1, -0.05) is 29.8 Å². The molecule has 0 fully saturated rings. The molecule has 0 aromatic heterocycles. The summed E-state index contributed by atoms with van der Waals surface area (Å²) in [4.78, 5) is 25.8. The molecular formula is C20H31NO4. The van der Waals surface area contributed by atoms with Crippen molar-refractivity contribution in [2.45, 2.75) is 46.0 Å². The summed E-state index contributed by atoms with van der Waals surface area (Å²) in [5, 5.41) is 0. The highest BCUT2D eigenvalue weighted by Gasteiger charge is 2.15. The number of esters is 1. The van der Waals surface area contributed by atoms with Crippen molar-refractivity contribution in [2.24, 2.45) is 0 Å². The molecule has 0 heterocycles. The molecule has 0 N–H and O–H groups in total. The number of hydrogen-bond donors (Lipinski definition) is 0. The van der Waals surface area contributed by atoms with Gasteiger partial charge in [-0.2, -0.15) is 0 Å². The zero-order chi connectivity index (χ0) is 18.5. The van der Waals surface area contributed by atoms with Gasteiger partial charge in [0.2, 0.25) is 5.91 Å². The minimum Gasteiger partial charge on any atom is -0.466 e. The molecule has 0 aliphatic carbocycles. The molecule has 1 aromatic carbocycles. The molecule has 0 aliphatic rings. The molecule has 1 amide bonds. The van der Waals surface area contributed by atoms with Gasteiger partial charge in [0.05, 0.1) is 13.0 Å². The average Bonchev–Trinajstić information content (AvgIpc) is 2.60. The number of methoxy groups -OCH3 is 1. The van der Waals surface area contributed by atoms with E-state index < -0.39 is 0 Å². The third-order valence-electron chi connectivity index (χ3n) is 4.00. The van der Waals surface area contributed by atoms with Crippen LogP contribution in [0.1, 0.15) is 43.7 Å². The van der Waals surface area contributed by atoms with Gasteiger partial charge in [-0.05, 0) is 38.7 Å². The zero-order valence-corrected chi connectivity index (χ0v) is 15.8. The maximum atomic E-state index is 12.5. The highest BCUT2D eigenvalue weighted by molar-refractivity contribution is 5.77. The Labute approximate surface area is 151 Å². The van der Waals surface area contributed by atoms with Crippen molar-refractivity contribution in [3.05, 3.63) is 35.4 Å². The predicted molar refractivity (Wildman–Crippen MR) is 98.4 cm³/mol. The smallest absolute Gasteiger partial charge is 0.307 e. The van der Waals surface area contributed by atoms with Crippen molar-refractivity contribution in [2.75, 3.05) is 33.4 Å². The lowest BCUT2D eigenvalue weighted by atomic mass is 10.1. The molecule has 0 bridgehead atoms. The van der Waals surface area contributed by atoms with Crippen molar-refractivity contribution >= 4 is 11.9 Å². The largest absolute Gasteiger partial charge is 0.466 e. The third kappa shape index (κ3) is 9.25. The number of rotatable bonds is 12. The summed E-state index contributed by atoms with van der Waals surface area (Å²) in [5.74, 6) is -0.167. The van der Waals surface area contributed by atoms with E-state index in [9.17, 15) is 9.59 Å². The van der Waals surface area contributed by atoms with Gasteiger partial charge in [-0.25, -0.2) is 0 Å². The average molecular weight is 349 g/mol. The van der Waals surface area contributed by atoms with Crippen LogP contribution in [0, 0.1) is 6.92 Å². The molecule has 0 aliphatic heterocycles. The van der Waals surface area contributed by atoms with E-state index in [1.807, 2.05) is 0 Å². The van der Waals surface area contributed by atoms with Crippen LogP contribution in [0.3, 0.4) is 0 Å². The number of amides is 1. The van der Waals surface area contributed by atoms with Crippen LogP contribution in [0.2, 0.25) is 0 Å². The monoisotopic (exact) mass is 349 g/mol. The molecule has 0 unspecified atom stereocenters. The lowest BCUT2D eigenvalue weighted by Gasteiger charge is -2.22. The van der Waals surface area contributed by atoms with Crippen LogP contribution in [0.15, 0.2) is 24.3 Å². The number of benzene rings is 1. The van der Waals surface area contributed by atoms with Crippen LogP contribution in [-0.4, -0.2) is 50.2 Å². The van der Waals surface area contributed by atoms with Crippen LogP contribution in [0.4, 0.5) is 0 Å². The normalized spacial score (nSPS) is 10.5. The minimum absolute atomic E-state index is 0.0903. The summed E-state index contributed by atoms with van der Waals surface area (Å²) < 4.78 is 10.00. The summed E-state index contributed by atoms with van der Waals surface area (Å²) in [6, 6.07) is 8.40. The van der Waals surface area contributed by atoms with E-state index in [1.165, 1.54) is 11.1 Å². The molecule has 0 spiro atoms. The Kier molecular flexibility index (Phi) is 10.6. The van der Waals surface area contributed by atoms with Gasteiger partial charge in [0, 0.05) is 33.2 Å². The summed E-state index contributed by atoms with van der Waals surface area (Å²) >= 11 is 0. The Balaban J connectivity index is 2.43. The van der Waals surface area contributed by atoms with Gasteiger partial charge in [0.25, 0.3) is 0 Å². The van der Waals surface area contributed by atoms with Crippen LogP contribution in [0.5, 0.6) is 0 Å². The topological polar surface area (TPSA) is 55.8 Å². The van der Waals surface area contributed by atoms with E-state index in [4.69, 9.17) is 9.47 Å². The molecule has 1 aromatic rings. The molecule has 0 saturated carbocycles. The first-order chi connectivity index (χ1) is 12.1. The van der Waals surface area contributed by atoms with Gasteiger partial charge in [-0.15, -0.1) is 0 Å². The van der Waals surface area contributed by atoms with Gasteiger partial charge in [0.1, 0.15) is 0 Å². The SMILES string of the molecule is CCOC(=O)CCN(CCCOC)C(=O)CCCc1ccc(C)cc1. The van der Waals surface area contributed by atoms with E-state index in [0.29, 0.717) is 32.7 Å². The van der Waals surface area contributed by atoms with E-state index in [1.54, 1.807) is 18.9 Å². The quantitative estimate of drug-likeness (QED) is 0.430. The fourth-order valence-electron chi connectivity index (χ4n) is 2.58. The fraction of sp³-hybridized carbons (Fsp3) is 0.600. The molecule has 5 heteroatoms. The molecule has 0 atom stereocenters.